The largest absolute Gasteiger partial charge is 0.366 e. The Labute approximate surface area is 153 Å². The molecule has 0 aliphatic carbocycles. The number of hydrogen-bond acceptors (Lipinski definition) is 3. The van der Waals surface area contributed by atoms with Gasteiger partial charge in [-0.1, -0.05) is 29.8 Å². The normalized spacial score (nSPS) is 10.4. The number of anilines is 2. The van der Waals surface area contributed by atoms with Gasteiger partial charge in [-0.2, -0.15) is 0 Å². The topological polar surface area (TPSA) is 54.0 Å². The molecule has 26 heavy (non-hydrogen) atoms. The van der Waals surface area contributed by atoms with Crippen LogP contribution in [0, 0.1) is 11.6 Å². The zero-order chi connectivity index (χ0) is 18.5. The summed E-state index contributed by atoms with van der Waals surface area (Å²) >= 11 is 6.10. The summed E-state index contributed by atoms with van der Waals surface area (Å²) < 4.78 is 26.2. The fourth-order valence-electron chi connectivity index (χ4n) is 2.27. The van der Waals surface area contributed by atoms with Gasteiger partial charge < -0.3 is 10.6 Å². The van der Waals surface area contributed by atoms with Crippen LogP contribution in [0.1, 0.15) is 15.9 Å². The summed E-state index contributed by atoms with van der Waals surface area (Å²) in [5, 5.41) is 6.24. The summed E-state index contributed by atoms with van der Waals surface area (Å²) in [4.78, 5) is 16.4. The van der Waals surface area contributed by atoms with Gasteiger partial charge in [0.05, 0.1) is 0 Å². The van der Waals surface area contributed by atoms with Crippen LogP contribution < -0.4 is 10.6 Å². The molecule has 0 atom stereocenters. The Kier molecular flexibility index (Phi) is 5.43. The van der Waals surface area contributed by atoms with Gasteiger partial charge in [0.2, 0.25) is 0 Å². The molecule has 0 spiro atoms. The molecule has 0 radical (unpaired) electrons. The van der Waals surface area contributed by atoms with Crippen LogP contribution in [-0.4, -0.2) is 10.9 Å². The third-order valence-electron chi connectivity index (χ3n) is 3.62. The van der Waals surface area contributed by atoms with Crippen LogP contribution in [0.2, 0.25) is 5.02 Å². The van der Waals surface area contributed by atoms with Crippen molar-refractivity contribution in [1.29, 1.82) is 0 Å². The van der Waals surface area contributed by atoms with Crippen molar-refractivity contribution in [1.82, 2.24) is 4.98 Å². The van der Waals surface area contributed by atoms with Gasteiger partial charge in [-0.05, 0) is 35.9 Å². The minimum absolute atomic E-state index is 0.163. The summed E-state index contributed by atoms with van der Waals surface area (Å²) in [5.74, 6) is -1.97. The van der Waals surface area contributed by atoms with Crippen LogP contribution >= 0.6 is 11.6 Å². The third kappa shape index (κ3) is 4.34. The monoisotopic (exact) mass is 373 g/mol. The van der Waals surface area contributed by atoms with Crippen molar-refractivity contribution in [3.63, 3.8) is 0 Å². The van der Waals surface area contributed by atoms with Crippen LogP contribution in [0.4, 0.5) is 20.3 Å². The van der Waals surface area contributed by atoms with E-state index in [0.717, 1.165) is 17.7 Å². The number of carbonyl (C=O) groups is 1. The van der Waals surface area contributed by atoms with E-state index in [1.165, 1.54) is 18.3 Å². The van der Waals surface area contributed by atoms with Crippen LogP contribution in [0.25, 0.3) is 0 Å². The number of aromatic nitrogens is 1. The number of hydrogen-bond donors (Lipinski definition) is 2. The van der Waals surface area contributed by atoms with E-state index < -0.39 is 17.5 Å². The lowest BCUT2D eigenvalue weighted by Crippen LogP contribution is -2.13. The Morgan fingerprint density at radius 2 is 1.85 bits per heavy atom. The van der Waals surface area contributed by atoms with Gasteiger partial charge in [-0.25, -0.2) is 13.8 Å². The SMILES string of the molecule is O=C(Nc1ccc(F)c(F)c1)c1ccnc(NCc2ccccc2Cl)c1. The Hall–Kier alpha value is -2.99. The second-order valence-electron chi connectivity index (χ2n) is 5.46. The Morgan fingerprint density at radius 3 is 2.62 bits per heavy atom. The molecule has 0 saturated carbocycles. The van der Waals surface area contributed by atoms with Gasteiger partial charge in [0.15, 0.2) is 11.6 Å². The molecule has 0 saturated heterocycles. The number of halogens is 3. The molecule has 0 aliphatic heterocycles. The summed E-state index contributed by atoms with van der Waals surface area (Å²) in [5.41, 5.74) is 1.38. The van der Waals surface area contributed by atoms with Gasteiger partial charge in [-0.3, -0.25) is 4.79 Å². The van der Waals surface area contributed by atoms with E-state index in [0.29, 0.717) is 22.9 Å². The molecule has 3 aromatic rings. The predicted octanol–water partition coefficient (Wildman–Crippen LogP) is 4.88. The minimum atomic E-state index is -1.03. The molecule has 4 nitrogen and oxygen atoms in total. The third-order valence-corrected chi connectivity index (χ3v) is 3.99. The first kappa shape index (κ1) is 17.8. The predicted molar refractivity (Wildman–Crippen MR) is 97.3 cm³/mol. The quantitative estimate of drug-likeness (QED) is 0.670. The Bertz CT molecular complexity index is 950. The first-order valence-electron chi connectivity index (χ1n) is 7.72. The van der Waals surface area contributed by atoms with Crippen molar-refractivity contribution < 1.29 is 13.6 Å². The number of pyridine rings is 1. The summed E-state index contributed by atoms with van der Waals surface area (Å²) in [6, 6.07) is 13.6. The zero-order valence-electron chi connectivity index (χ0n) is 13.5. The minimum Gasteiger partial charge on any atom is -0.366 e. The van der Waals surface area contributed by atoms with E-state index in [2.05, 4.69) is 15.6 Å². The molecule has 0 unspecified atom stereocenters. The lowest BCUT2D eigenvalue weighted by molar-refractivity contribution is 0.102. The van der Waals surface area contributed by atoms with E-state index in [4.69, 9.17) is 11.6 Å². The highest BCUT2D eigenvalue weighted by atomic mass is 35.5. The Balaban J connectivity index is 1.69. The van der Waals surface area contributed by atoms with Gasteiger partial charge in [-0.15, -0.1) is 0 Å². The molecule has 1 heterocycles. The highest BCUT2D eigenvalue weighted by molar-refractivity contribution is 6.31. The van der Waals surface area contributed by atoms with Crippen molar-refractivity contribution >= 4 is 29.0 Å². The fraction of sp³-hybridized carbons (Fsp3) is 0.0526. The smallest absolute Gasteiger partial charge is 0.255 e. The van der Waals surface area contributed by atoms with E-state index in [1.807, 2.05) is 18.2 Å². The molecule has 0 bridgehead atoms. The van der Waals surface area contributed by atoms with Gasteiger partial charge >= 0.3 is 0 Å². The summed E-state index contributed by atoms with van der Waals surface area (Å²) in [6.07, 6.45) is 1.48. The van der Waals surface area contributed by atoms with Crippen LogP contribution in [0.5, 0.6) is 0 Å². The van der Waals surface area contributed by atoms with E-state index in [-0.39, 0.29) is 5.69 Å². The molecule has 0 fully saturated rings. The van der Waals surface area contributed by atoms with Crippen molar-refractivity contribution in [3.8, 4) is 0 Å². The van der Waals surface area contributed by atoms with Crippen LogP contribution in [0.15, 0.2) is 60.8 Å². The summed E-state index contributed by atoms with van der Waals surface area (Å²) in [7, 11) is 0. The highest BCUT2D eigenvalue weighted by Crippen LogP contribution is 2.18. The standard InChI is InChI=1S/C19H14ClF2N3O/c20-15-4-2-1-3-13(15)11-24-18-9-12(7-8-23-18)19(26)25-14-5-6-16(21)17(22)10-14/h1-10H,11H2,(H,23,24)(H,25,26). The van der Waals surface area contributed by atoms with Crippen molar-refractivity contribution in [2.75, 3.05) is 10.6 Å². The van der Waals surface area contributed by atoms with E-state index in [1.54, 1.807) is 12.1 Å². The van der Waals surface area contributed by atoms with Crippen molar-refractivity contribution in [2.24, 2.45) is 0 Å². The molecule has 2 aromatic carbocycles. The van der Waals surface area contributed by atoms with Crippen LogP contribution in [-0.2, 0) is 6.54 Å². The molecular weight excluding hydrogens is 360 g/mol. The molecule has 1 aromatic heterocycles. The maximum atomic E-state index is 13.2. The van der Waals surface area contributed by atoms with Crippen LogP contribution in [0.3, 0.4) is 0 Å². The second kappa shape index (κ2) is 7.93. The second-order valence-corrected chi connectivity index (χ2v) is 5.86. The number of rotatable bonds is 5. The molecular formula is C19H14ClF2N3O. The highest BCUT2D eigenvalue weighted by Gasteiger charge is 2.10. The summed E-state index contributed by atoms with van der Waals surface area (Å²) in [6.45, 7) is 0.445. The van der Waals surface area contributed by atoms with Gasteiger partial charge in [0.1, 0.15) is 5.82 Å². The first-order chi connectivity index (χ1) is 12.5. The van der Waals surface area contributed by atoms with E-state index in [9.17, 15) is 13.6 Å². The zero-order valence-corrected chi connectivity index (χ0v) is 14.2. The molecule has 132 valence electrons. The fourth-order valence-corrected chi connectivity index (χ4v) is 2.48. The lowest BCUT2D eigenvalue weighted by atomic mass is 10.2. The molecule has 0 aliphatic rings. The first-order valence-corrected chi connectivity index (χ1v) is 8.10. The Morgan fingerprint density at radius 1 is 1.04 bits per heavy atom. The average Bonchev–Trinajstić information content (AvgIpc) is 2.64. The maximum Gasteiger partial charge on any atom is 0.255 e. The van der Waals surface area contributed by atoms with E-state index >= 15 is 0 Å². The molecule has 3 rings (SSSR count). The van der Waals surface area contributed by atoms with Gasteiger partial charge in [0.25, 0.3) is 5.91 Å². The maximum absolute atomic E-state index is 13.2. The van der Waals surface area contributed by atoms with Crippen molar-refractivity contribution in [2.45, 2.75) is 6.54 Å². The molecule has 2 N–H and O–H groups in total. The van der Waals surface area contributed by atoms with Crippen molar-refractivity contribution in [3.05, 3.63) is 88.6 Å². The van der Waals surface area contributed by atoms with Gasteiger partial charge in [0, 0.05) is 35.1 Å². The number of carbonyl (C=O) groups excluding carboxylic acids is 1. The molecule has 7 heteroatoms. The number of amides is 1. The lowest BCUT2D eigenvalue weighted by Gasteiger charge is -2.09. The average molecular weight is 374 g/mol. The number of nitrogens with zero attached hydrogens (tertiary/aromatic N) is 1. The molecule has 1 amide bonds. The number of benzene rings is 2. The number of nitrogens with one attached hydrogen (secondary N) is 2.